The Labute approximate surface area is 109 Å². The van der Waals surface area contributed by atoms with E-state index in [1.54, 1.807) is 0 Å². The van der Waals surface area contributed by atoms with E-state index in [1.165, 1.54) is 11.1 Å². The second-order valence-electron chi connectivity index (χ2n) is 4.58. The van der Waals surface area contributed by atoms with Crippen LogP contribution in [0.4, 0.5) is 0 Å². The van der Waals surface area contributed by atoms with Crippen molar-refractivity contribution >= 4 is 5.57 Å². The lowest BCUT2D eigenvalue weighted by molar-refractivity contribution is 0.306. The van der Waals surface area contributed by atoms with Crippen molar-refractivity contribution in [2.75, 3.05) is 0 Å². The average molecular weight is 238 g/mol. The van der Waals surface area contributed by atoms with Crippen molar-refractivity contribution in [1.82, 2.24) is 0 Å². The number of allylic oxidation sites excluding steroid dienone is 1. The summed E-state index contributed by atoms with van der Waals surface area (Å²) in [5.41, 5.74) is 4.67. The normalized spacial score (nSPS) is 10.1. The van der Waals surface area contributed by atoms with Gasteiger partial charge in [0.2, 0.25) is 0 Å². The van der Waals surface area contributed by atoms with E-state index < -0.39 is 0 Å². The van der Waals surface area contributed by atoms with E-state index in [0.29, 0.717) is 6.61 Å². The lowest BCUT2D eigenvalue weighted by atomic mass is 10.1. The van der Waals surface area contributed by atoms with E-state index in [2.05, 4.69) is 37.8 Å². The molecule has 0 unspecified atom stereocenters. The fourth-order valence-corrected chi connectivity index (χ4v) is 1.69. The first kappa shape index (κ1) is 12.4. The predicted molar refractivity (Wildman–Crippen MR) is 76.7 cm³/mol. The lowest BCUT2D eigenvalue weighted by Crippen LogP contribution is -1.95. The molecule has 2 aromatic carbocycles. The maximum absolute atomic E-state index is 5.74. The third kappa shape index (κ3) is 3.24. The summed E-state index contributed by atoms with van der Waals surface area (Å²) in [6.45, 7) is 8.61. The van der Waals surface area contributed by atoms with Gasteiger partial charge in [0.15, 0.2) is 0 Å². The molecule has 0 atom stereocenters. The Bertz CT molecular complexity index is 521. The van der Waals surface area contributed by atoms with Crippen molar-refractivity contribution in [3.63, 3.8) is 0 Å². The summed E-state index contributed by atoms with van der Waals surface area (Å²) in [5.74, 6) is 0.889. The van der Waals surface area contributed by atoms with Gasteiger partial charge in [0, 0.05) is 0 Å². The van der Waals surface area contributed by atoms with Gasteiger partial charge < -0.3 is 4.74 Å². The van der Waals surface area contributed by atoms with E-state index in [4.69, 9.17) is 4.74 Å². The Morgan fingerprint density at radius 3 is 2.17 bits per heavy atom. The van der Waals surface area contributed by atoms with Crippen molar-refractivity contribution in [3.8, 4) is 5.75 Å². The summed E-state index contributed by atoms with van der Waals surface area (Å²) in [4.78, 5) is 0. The van der Waals surface area contributed by atoms with Crippen molar-refractivity contribution in [2.45, 2.75) is 20.5 Å². The van der Waals surface area contributed by atoms with Gasteiger partial charge >= 0.3 is 0 Å². The van der Waals surface area contributed by atoms with Crippen LogP contribution in [0.5, 0.6) is 5.75 Å². The van der Waals surface area contributed by atoms with Crippen LogP contribution in [-0.4, -0.2) is 0 Å². The Hall–Kier alpha value is -2.02. The highest BCUT2D eigenvalue weighted by molar-refractivity contribution is 5.61. The minimum absolute atomic E-state index is 0.604. The minimum atomic E-state index is 0.604. The van der Waals surface area contributed by atoms with Crippen LogP contribution in [0.2, 0.25) is 0 Å². The van der Waals surface area contributed by atoms with E-state index in [9.17, 15) is 0 Å². The number of hydrogen-bond donors (Lipinski definition) is 0. The molecule has 1 nitrogen and oxygen atoms in total. The minimum Gasteiger partial charge on any atom is -0.489 e. The molecule has 0 saturated heterocycles. The zero-order chi connectivity index (χ0) is 13.0. The fourth-order valence-electron chi connectivity index (χ4n) is 1.69. The maximum atomic E-state index is 5.74. The van der Waals surface area contributed by atoms with Crippen molar-refractivity contribution in [3.05, 3.63) is 71.8 Å². The molecule has 2 aromatic rings. The molecular formula is C17H18O. The van der Waals surface area contributed by atoms with E-state index >= 15 is 0 Å². The SMILES string of the molecule is C=C(C)c1ccc(OCc2ccc(C)cc2)cc1. The first-order chi connectivity index (χ1) is 8.65. The molecular weight excluding hydrogens is 220 g/mol. The summed E-state index contributed by atoms with van der Waals surface area (Å²) in [7, 11) is 0. The number of benzene rings is 2. The van der Waals surface area contributed by atoms with Gasteiger partial charge in [0.05, 0.1) is 0 Å². The zero-order valence-electron chi connectivity index (χ0n) is 10.9. The predicted octanol–water partition coefficient (Wildman–Crippen LogP) is 4.61. The Balaban J connectivity index is 1.97. The fraction of sp³-hybridized carbons (Fsp3) is 0.176. The molecule has 0 aliphatic carbocycles. The first-order valence-electron chi connectivity index (χ1n) is 6.09. The third-order valence-corrected chi connectivity index (χ3v) is 2.87. The van der Waals surface area contributed by atoms with Gasteiger partial charge in [-0.15, -0.1) is 0 Å². The Morgan fingerprint density at radius 1 is 1.00 bits per heavy atom. The molecule has 18 heavy (non-hydrogen) atoms. The summed E-state index contributed by atoms with van der Waals surface area (Å²) in [5, 5.41) is 0. The molecule has 2 rings (SSSR count). The molecule has 0 amide bonds. The molecule has 0 heterocycles. The first-order valence-corrected chi connectivity index (χ1v) is 6.09. The smallest absolute Gasteiger partial charge is 0.119 e. The van der Waals surface area contributed by atoms with Gasteiger partial charge in [0.1, 0.15) is 12.4 Å². The summed E-state index contributed by atoms with van der Waals surface area (Å²) >= 11 is 0. The van der Waals surface area contributed by atoms with E-state index in [1.807, 2.05) is 31.2 Å². The molecule has 0 aliphatic heterocycles. The topological polar surface area (TPSA) is 9.23 Å². The molecule has 0 fully saturated rings. The summed E-state index contributed by atoms with van der Waals surface area (Å²) < 4.78 is 5.74. The van der Waals surface area contributed by atoms with E-state index in [-0.39, 0.29) is 0 Å². The number of aryl methyl sites for hydroxylation is 1. The molecule has 0 bridgehead atoms. The molecule has 0 N–H and O–H groups in total. The zero-order valence-corrected chi connectivity index (χ0v) is 10.9. The van der Waals surface area contributed by atoms with Crippen molar-refractivity contribution < 1.29 is 4.74 Å². The van der Waals surface area contributed by atoms with Gasteiger partial charge in [-0.3, -0.25) is 0 Å². The van der Waals surface area contributed by atoms with Crippen LogP contribution in [-0.2, 0) is 6.61 Å². The third-order valence-electron chi connectivity index (χ3n) is 2.87. The van der Waals surface area contributed by atoms with Crippen LogP contribution in [0, 0.1) is 6.92 Å². The van der Waals surface area contributed by atoms with Crippen LogP contribution >= 0.6 is 0 Å². The molecule has 0 aliphatic rings. The average Bonchev–Trinajstić information content (AvgIpc) is 2.38. The van der Waals surface area contributed by atoms with Crippen molar-refractivity contribution in [2.24, 2.45) is 0 Å². The van der Waals surface area contributed by atoms with Gasteiger partial charge in [-0.05, 0) is 37.1 Å². The molecule has 0 saturated carbocycles. The van der Waals surface area contributed by atoms with E-state index in [0.717, 1.165) is 16.9 Å². The second kappa shape index (κ2) is 5.54. The largest absolute Gasteiger partial charge is 0.489 e. The summed E-state index contributed by atoms with van der Waals surface area (Å²) in [6, 6.07) is 16.4. The van der Waals surface area contributed by atoms with Gasteiger partial charge in [-0.2, -0.15) is 0 Å². The Morgan fingerprint density at radius 2 is 1.61 bits per heavy atom. The monoisotopic (exact) mass is 238 g/mol. The van der Waals surface area contributed by atoms with Crippen LogP contribution < -0.4 is 4.74 Å². The molecule has 0 spiro atoms. The highest BCUT2D eigenvalue weighted by Gasteiger charge is 1.97. The number of hydrogen-bond acceptors (Lipinski definition) is 1. The summed E-state index contributed by atoms with van der Waals surface area (Å²) in [6.07, 6.45) is 0. The quantitative estimate of drug-likeness (QED) is 0.756. The molecule has 0 radical (unpaired) electrons. The highest BCUT2D eigenvalue weighted by atomic mass is 16.5. The van der Waals surface area contributed by atoms with Crippen LogP contribution in [0.25, 0.3) is 5.57 Å². The van der Waals surface area contributed by atoms with Crippen LogP contribution in [0.3, 0.4) is 0 Å². The standard InChI is InChI=1S/C17H18O/c1-13(2)16-8-10-17(11-9-16)18-12-15-6-4-14(3)5-7-15/h4-11H,1,12H2,2-3H3. The van der Waals surface area contributed by atoms with Gasteiger partial charge in [0.25, 0.3) is 0 Å². The van der Waals surface area contributed by atoms with Crippen molar-refractivity contribution in [1.29, 1.82) is 0 Å². The number of rotatable bonds is 4. The molecule has 92 valence electrons. The van der Waals surface area contributed by atoms with Gasteiger partial charge in [-0.25, -0.2) is 0 Å². The second-order valence-corrected chi connectivity index (χ2v) is 4.58. The molecule has 0 aromatic heterocycles. The maximum Gasteiger partial charge on any atom is 0.119 e. The molecule has 1 heteroatoms. The lowest BCUT2D eigenvalue weighted by Gasteiger charge is -2.07. The highest BCUT2D eigenvalue weighted by Crippen LogP contribution is 2.18. The Kier molecular flexibility index (Phi) is 3.83. The van der Waals surface area contributed by atoms with Crippen LogP contribution in [0.1, 0.15) is 23.6 Å². The van der Waals surface area contributed by atoms with Gasteiger partial charge in [-0.1, -0.05) is 54.1 Å². The van der Waals surface area contributed by atoms with Crippen LogP contribution in [0.15, 0.2) is 55.1 Å². The number of ether oxygens (including phenoxy) is 1.